The van der Waals surface area contributed by atoms with Gasteiger partial charge in [-0.05, 0) is 48.7 Å². The molecule has 0 radical (unpaired) electrons. The van der Waals surface area contributed by atoms with Gasteiger partial charge >= 0.3 is 5.97 Å². The largest absolute Gasteiger partial charge is 0.465 e. The summed E-state index contributed by atoms with van der Waals surface area (Å²) in [6.45, 7) is 0.456. The van der Waals surface area contributed by atoms with Crippen molar-refractivity contribution in [3.8, 4) is 0 Å². The van der Waals surface area contributed by atoms with Crippen molar-refractivity contribution in [3.63, 3.8) is 0 Å². The minimum atomic E-state index is -3.70. The molecular formula is C17H18N2O4S. The molecule has 1 aliphatic rings. The molecule has 2 heterocycles. The molecule has 0 aliphatic carbocycles. The molecule has 1 saturated heterocycles. The second-order valence-electron chi connectivity index (χ2n) is 5.57. The predicted molar refractivity (Wildman–Crippen MR) is 87.9 cm³/mol. The highest BCUT2D eigenvalue weighted by Crippen LogP contribution is 2.36. The number of hydrogen-bond acceptors (Lipinski definition) is 5. The number of nitrogens with zero attached hydrogens (tertiary/aromatic N) is 2. The Labute approximate surface area is 141 Å². The molecule has 3 rings (SSSR count). The van der Waals surface area contributed by atoms with E-state index in [0.29, 0.717) is 6.54 Å². The highest BCUT2D eigenvalue weighted by atomic mass is 32.2. The van der Waals surface area contributed by atoms with E-state index in [9.17, 15) is 13.2 Å². The summed E-state index contributed by atoms with van der Waals surface area (Å²) in [5.74, 6) is -0.556. The first kappa shape index (κ1) is 16.6. The third-order valence-electron chi connectivity index (χ3n) is 4.16. The number of rotatable bonds is 4. The molecule has 2 aromatic rings. The maximum atomic E-state index is 13.0. The monoisotopic (exact) mass is 346 g/mol. The molecule has 0 bridgehead atoms. The summed E-state index contributed by atoms with van der Waals surface area (Å²) in [6, 6.07) is 9.42. The Kier molecular flexibility index (Phi) is 4.64. The third kappa shape index (κ3) is 3.05. The lowest BCUT2D eigenvalue weighted by molar-refractivity contribution is 0.0600. The molecule has 126 valence electrons. The molecule has 6 nitrogen and oxygen atoms in total. The van der Waals surface area contributed by atoms with Crippen molar-refractivity contribution in [1.29, 1.82) is 0 Å². The maximum absolute atomic E-state index is 13.0. The van der Waals surface area contributed by atoms with Crippen LogP contribution in [0.1, 0.15) is 34.8 Å². The summed E-state index contributed by atoms with van der Waals surface area (Å²) in [7, 11) is -2.43. The fourth-order valence-corrected chi connectivity index (χ4v) is 4.71. The lowest BCUT2D eigenvalue weighted by Crippen LogP contribution is -2.30. The van der Waals surface area contributed by atoms with Crippen molar-refractivity contribution < 1.29 is 17.9 Å². The zero-order valence-electron chi connectivity index (χ0n) is 13.3. The minimum absolute atomic E-state index is 0.103. The van der Waals surface area contributed by atoms with Crippen molar-refractivity contribution in [2.45, 2.75) is 23.8 Å². The van der Waals surface area contributed by atoms with Crippen LogP contribution in [0.2, 0.25) is 0 Å². The Hall–Kier alpha value is -2.25. The number of benzene rings is 1. The van der Waals surface area contributed by atoms with Crippen LogP contribution in [-0.4, -0.2) is 37.3 Å². The van der Waals surface area contributed by atoms with Crippen LogP contribution in [0.15, 0.2) is 53.7 Å². The van der Waals surface area contributed by atoms with Crippen molar-refractivity contribution in [1.82, 2.24) is 9.29 Å². The number of pyridine rings is 1. The van der Waals surface area contributed by atoms with Gasteiger partial charge in [-0.15, -0.1) is 0 Å². The Bertz CT molecular complexity index is 837. The molecule has 0 amide bonds. The molecule has 1 aliphatic heterocycles. The normalized spacial score (nSPS) is 18.5. The Morgan fingerprint density at radius 2 is 2.00 bits per heavy atom. The molecule has 0 spiro atoms. The second-order valence-corrected chi connectivity index (χ2v) is 7.46. The van der Waals surface area contributed by atoms with E-state index in [1.807, 2.05) is 12.1 Å². The highest BCUT2D eigenvalue weighted by Gasteiger charge is 2.36. The van der Waals surface area contributed by atoms with Gasteiger partial charge < -0.3 is 4.74 Å². The zero-order valence-corrected chi connectivity index (χ0v) is 14.1. The van der Waals surface area contributed by atoms with Gasteiger partial charge in [0.15, 0.2) is 0 Å². The van der Waals surface area contributed by atoms with Crippen LogP contribution < -0.4 is 0 Å². The topological polar surface area (TPSA) is 76.6 Å². The van der Waals surface area contributed by atoms with Crippen LogP contribution in [-0.2, 0) is 14.8 Å². The standard InChI is InChI=1S/C17H18N2O4S/c1-23-17(20)14-4-2-5-15(12-14)24(21,22)19-11-3-6-16(19)13-7-9-18-10-8-13/h2,4-5,7-10,12,16H,3,6,11H2,1H3/t16-/m1/s1. The molecular weight excluding hydrogens is 328 g/mol. The van der Waals surface area contributed by atoms with E-state index >= 15 is 0 Å². The van der Waals surface area contributed by atoms with Gasteiger partial charge in [-0.3, -0.25) is 4.98 Å². The van der Waals surface area contributed by atoms with E-state index in [1.54, 1.807) is 18.5 Å². The Morgan fingerprint density at radius 1 is 1.25 bits per heavy atom. The molecule has 0 saturated carbocycles. The summed E-state index contributed by atoms with van der Waals surface area (Å²) < 4.78 is 32.2. The van der Waals surface area contributed by atoms with Crippen LogP contribution in [0.5, 0.6) is 0 Å². The SMILES string of the molecule is COC(=O)c1cccc(S(=O)(=O)N2CCC[C@@H]2c2ccncc2)c1. The van der Waals surface area contributed by atoms with Gasteiger partial charge in [0, 0.05) is 18.9 Å². The van der Waals surface area contributed by atoms with Gasteiger partial charge in [-0.1, -0.05) is 6.07 Å². The van der Waals surface area contributed by atoms with E-state index in [2.05, 4.69) is 9.72 Å². The van der Waals surface area contributed by atoms with E-state index < -0.39 is 16.0 Å². The van der Waals surface area contributed by atoms with Crippen LogP contribution >= 0.6 is 0 Å². The molecule has 1 fully saturated rings. The number of aromatic nitrogens is 1. The van der Waals surface area contributed by atoms with E-state index in [4.69, 9.17) is 0 Å². The van der Waals surface area contributed by atoms with Crippen LogP contribution in [0.4, 0.5) is 0 Å². The Morgan fingerprint density at radius 3 is 2.71 bits per heavy atom. The van der Waals surface area contributed by atoms with Crippen LogP contribution in [0.25, 0.3) is 0 Å². The summed E-state index contributed by atoms with van der Waals surface area (Å²) in [5.41, 5.74) is 1.15. The number of esters is 1. The average molecular weight is 346 g/mol. The van der Waals surface area contributed by atoms with Crippen molar-refractivity contribution in [2.75, 3.05) is 13.7 Å². The van der Waals surface area contributed by atoms with Gasteiger partial charge in [0.2, 0.25) is 10.0 Å². The summed E-state index contributed by atoms with van der Waals surface area (Å²) in [5, 5.41) is 0. The van der Waals surface area contributed by atoms with Gasteiger partial charge in [0.1, 0.15) is 0 Å². The predicted octanol–water partition coefficient (Wildman–Crippen LogP) is 2.39. The fourth-order valence-electron chi connectivity index (χ4n) is 2.98. The zero-order chi connectivity index (χ0) is 17.2. The molecule has 7 heteroatoms. The average Bonchev–Trinajstić information content (AvgIpc) is 3.12. The number of carbonyl (C=O) groups is 1. The van der Waals surface area contributed by atoms with Crippen LogP contribution in [0, 0.1) is 0 Å². The first-order chi connectivity index (χ1) is 11.5. The molecule has 1 aromatic heterocycles. The minimum Gasteiger partial charge on any atom is -0.465 e. The molecule has 1 aromatic carbocycles. The van der Waals surface area contributed by atoms with Crippen LogP contribution in [0.3, 0.4) is 0 Å². The van der Waals surface area contributed by atoms with E-state index in [-0.39, 0.29) is 16.5 Å². The number of carbonyl (C=O) groups excluding carboxylic acids is 1. The van der Waals surface area contributed by atoms with Crippen molar-refractivity contribution in [2.24, 2.45) is 0 Å². The smallest absolute Gasteiger partial charge is 0.337 e. The van der Waals surface area contributed by atoms with Gasteiger partial charge in [-0.25, -0.2) is 13.2 Å². The first-order valence-electron chi connectivity index (χ1n) is 7.64. The van der Waals surface area contributed by atoms with E-state index in [1.165, 1.54) is 29.6 Å². The maximum Gasteiger partial charge on any atom is 0.337 e. The van der Waals surface area contributed by atoms with Crippen molar-refractivity contribution in [3.05, 3.63) is 59.9 Å². The third-order valence-corrected chi connectivity index (χ3v) is 6.06. The lowest BCUT2D eigenvalue weighted by atomic mass is 10.1. The highest BCUT2D eigenvalue weighted by molar-refractivity contribution is 7.89. The lowest BCUT2D eigenvalue weighted by Gasteiger charge is -2.24. The molecule has 1 atom stereocenters. The summed E-state index contributed by atoms with van der Waals surface area (Å²) in [4.78, 5) is 15.7. The van der Waals surface area contributed by atoms with Crippen molar-refractivity contribution >= 4 is 16.0 Å². The van der Waals surface area contributed by atoms with E-state index in [0.717, 1.165) is 18.4 Å². The van der Waals surface area contributed by atoms with Gasteiger partial charge in [-0.2, -0.15) is 4.31 Å². The number of methoxy groups -OCH3 is 1. The van der Waals surface area contributed by atoms with Gasteiger partial charge in [0.25, 0.3) is 0 Å². The molecule has 0 N–H and O–H groups in total. The molecule has 24 heavy (non-hydrogen) atoms. The number of sulfonamides is 1. The quantitative estimate of drug-likeness (QED) is 0.795. The Balaban J connectivity index is 1.97. The summed E-state index contributed by atoms with van der Waals surface area (Å²) >= 11 is 0. The molecule has 0 unspecified atom stereocenters. The number of hydrogen-bond donors (Lipinski definition) is 0. The summed E-state index contributed by atoms with van der Waals surface area (Å²) in [6.07, 6.45) is 4.88. The second kappa shape index (κ2) is 6.70. The fraction of sp³-hybridized carbons (Fsp3) is 0.294. The van der Waals surface area contributed by atoms with Gasteiger partial charge in [0.05, 0.1) is 23.6 Å². The number of ether oxygens (including phenoxy) is 1. The first-order valence-corrected chi connectivity index (χ1v) is 9.08.